The summed E-state index contributed by atoms with van der Waals surface area (Å²) in [6, 6.07) is 4.50. The van der Waals surface area contributed by atoms with Gasteiger partial charge in [0.1, 0.15) is 18.5 Å². The fourth-order valence-corrected chi connectivity index (χ4v) is 3.17. The molecule has 1 atom stereocenters. The highest BCUT2D eigenvalue weighted by atomic mass is 35.5. The Bertz CT molecular complexity index is 793. The van der Waals surface area contributed by atoms with E-state index in [1.54, 1.807) is 21.7 Å². The molecule has 2 aliphatic rings. The maximum absolute atomic E-state index is 13.3. The first-order valence-electron chi connectivity index (χ1n) is 8.34. The number of aromatic nitrogens is 3. The minimum Gasteiger partial charge on any atom is -0.370 e. The van der Waals surface area contributed by atoms with Gasteiger partial charge < -0.3 is 9.64 Å². The molecule has 0 bridgehead atoms. The van der Waals surface area contributed by atoms with Crippen LogP contribution >= 0.6 is 11.6 Å². The van der Waals surface area contributed by atoms with E-state index in [0.717, 1.165) is 24.1 Å². The lowest BCUT2D eigenvalue weighted by Crippen LogP contribution is -2.43. The summed E-state index contributed by atoms with van der Waals surface area (Å²) < 4.78 is 20.6. The van der Waals surface area contributed by atoms with Crippen molar-refractivity contribution in [1.82, 2.24) is 19.9 Å². The molecule has 0 radical (unpaired) electrons. The third-order valence-electron chi connectivity index (χ3n) is 4.58. The highest BCUT2D eigenvalue weighted by Crippen LogP contribution is 2.38. The molecule has 1 saturated heterocycles. The molecular formula is C17H18ClFN4O2. The van der Waals surface area contributed by atoms with Gasteiger partial charge in [-0.15, -0.1) is 5.10 Å². The third kappa shape index (κ3) is 3.67. The second-order valence-corrected chi connectivity index (χ2v) is 6.90. The Hall–Kier alpha value is -1.99. The van der Waals surface area contributed by atoms with Crippen LogP contribution in [-0.2, 0) is 16.1 Å². The lowest BCUT2D eigenvalue weighted by atomic mass is 10.1. The van der Waals surface area contributed by atoms with Crippen LogP contribution in [0.25, 0.3) is 0 Å². The van der Waals surface area contributed by atoms with Crippen molar-refractivity contribution >= 4 is 17.5 Å². The predicted molar refractivity (Wildman–Crippen MR) is 88.7 cm³/mol. The lowest BCUT2D eigenvalue weighted by molar-refractivity contribution is -0.139. The summed E-state index contributed by atoms with van der Waals surface area (Å²) in [5, 5.41) is 8.22. The minimum absolute atomic E-state index is 0.0336. The van der Waals surface area contributed by atoms with E-state index in [4.69, 9.17) is 16.3 Å². The zero-order valence-corrected chi connectivity index (χ0v) is 14.3. The summed E-state index contributed by atoms with van der Waals surface area (Å²) in [5.74, 6) is 0.0143. The van der Waals surface area contributed by atoms with Crippen molar-refractivity contribution in [2.45, 2.75) is 31.4 Å². The molecule has 4 rings (SSSR count). The molecule has 1 amide bonds. The van der Waals surface area contributed by atoms with Crippen LogP contribution in [0.1, 0.15) is 36.1 Å². The summed E-state index contributed by atoms with van der Waals surface area (Å²) >= 11 is 5.84. The van der Waals surface area contributed by atoms with Crippen molar-refractivity contribution in [3.05, 3.63) is 46.5 Å². The number of morpholine rings is 1. The van der Waals surface area contributed by atoms with Crippen LogP contribution in [0.5, 0.6) is 0 Å². The van der Waals surface area contributed by atoms with Gasteiger partial charge in [0, 0.05) is 18.7 Å². The SMILES string of the molecule is O=C(Cn1cc(C2CC2)nn1)N1CCO[C@@H](c2ccc(F)c(Cl)c2)C1. The van der Waals surface area contributed by atoms with Crippen molar-refractivity contribution < 1.29 is 13.9 Å². The quantitative estimate of drug-likeness (QED) is 0.836. The highest BCUT2D eigenvalue weighted by Gasteiger charge is 2.28. The summed E-state index contributed by atoms with van der Waals surface area (Å²) in [6.45, 7) is 1.52. The van der Waals surface area contributed by atoms with Crippen molar-refractivity contribution in [2.75, 3.05) is 19.7 Å². The second-order valence-electron chi connectivity index (χ2n) is 6.49. The van der Waals surface area contributed by atoms with E-state index in [2.05, 4.69) is 10.3 Å². The molecule has 0 N–H and O–H groups in total. The summed E-state index contributed by atoms with van der Waals surface area (Å²) in [5.41, 5.74) is 1.73. The normalized spacial score (nSPS) is 20.7. The fourth-order valence-electron chi connectivity index (χ4n) is 2.99. The van der Waals surface area contributed by atoms with Gasteiger partial charge in [0.25, 0.3) is 0 Å². The number of carbonyl (C=O) groups is 1. The van der Waals surface area contributed by atoms with Crippen LogP contribution in [-0.4, -0.2) is 45.5 Å². The first-order chi connectivity index (χ1) is 12.1. The molecule has 25 heavy (non-hydrogen) atoms. The Morgan fingerprint density at radius 3 is 3.00 bits per heavy atom. The average Bonchev–Trinajstić information content (AvgIpc) is 3.37. The van der Waals surface area contributed by atoms with E-state index >= 15 is 0 Å². The number of halogens is 2. The molecule has 0 spiro atoms. The maximum atomic E-state index is 13.3. The molecule has 2 aromatic rings. The van der Waals surface area contributed by atoms with Crippen molar-refractivity contribution in [2.24, 2.45) is 0 Å². The average molecular weight is 365 g/mol. The number of nitrogens with zero attached hydrogens (tertiary/aromatic N) is 4. The zero-order valence-electron chi connectivity index (χ0n) is 13.6. The number of ether oxygens (including phenoxy) is 1. The highest BCUT2D eigenvalue weighted by molar-refractivity contribution is 6.30. The van der Waals surface area contributed by atoms with Gasteiger partial charge in [0.2, 0.25) is 5.91 Å². The zero-order chi connectivity index (χ0) is 17.4. The molecule has 1 aromatic heterocycles. The smallest absolute Gasteiger partial charge is 0.244 e. The van der Waals surface area contributed by atoms with E-state index in [9.17, 15) is 9.18 Å². The van der Waals surface area contributed by atoms with Crippen LogP contribution < -0.4 is 0 Å². The molecule has 132 valence electrons. The van der Waals surface area contributed by atoms with E-state index < -0.39 is 5.82 Å². The first kappa shape index (κ1) is 16.5. The largest absolute Gasteiger partial charge is 0.370 e. The summed E-state index contributed by atoms with van der Waals surface area (Å²) in [6.07, 6.45) is 3.84. The molecule has 1 aromatic carbocycles. The number of amides is 1. The molecule has 6 nitrogen and oxygen atoms in total. The van der Waals surface area contributed by atoms with Gasteiger partial charge in [-0.3, -0.25) is 4.79 Å². The first-order valence-corrected chi connectivity index (χ1v) is 8.72. The number of hydrogen-bond acceptors (Lipinski definition) is 4. The standard InChI is InChI=1S/C17H18ClFN4O2/c18-13-7-12(3-4-14(13)19)16-9-22(5-6-25-16)17(24)10-23-8-15(20-21-23)11-1-2-11/h3-4,7-8,11,16H,1-2,5-6,9-10H2/t16-/m1/s1. The Morgan fingerprint density at radius 2 is 2.24 bits per heavy atom. The molecule has 1 aliphatic heterocycles. The number of carbonyl (C=O) groups excluding carboxylic acids is 1. The number of hydrogen-bond donors (Lipinski definition) is 0. The number of rotatable bonds is 4. The number of benzene rings is 1. The Morgan fingerprint density at radius 1 is 1.40 bits per heavy atom. The van der Waals surface area contributed by atoms with Gasteiger partial charge in [-0.05, 0) is 30.5 Å². The van der Waals surface area contributed by atoms with Gasteiger partial charge in [-0.1, -0.05) is 22.9 Å². The van der Waals surface area contributed by atoms with Crippen molar-refractivity contribution in [3.8, 4) is 0 Å². The topological polar surface area (TPSA) is 60.2 Å². The third-order valence-corrected chi connectivity index (χ3v) is 4.87. The molecule has 2 heterocycles. The molecule has 8 heteroatoms. The molecule has 0 unspecified atom stereocenters. The van der Waals surface area contributed by atoms with E-state index in [0.29, 0.717) is 25.6 Å². The van der Waals surface area contributed by atoms with Gasteiger partial charge in [-0.25, -0.2) is 9.07 Å². The second kappa shape index (κ2) is 6.72. The van der Waals surface area contributed by atoms with E-state index in [1.807, 2.05) is 6.20 Å². The molecule has 2 fully saturated rings. The van der Waals surface area contributed by atoms with Crippen LogP contribution in [0, 0.1) is 5.82 Å². The van der Waals surface area contributed by atoms with Crippen LogP contribution in [0.3, 0.4) is 0 Å². The van der Waals surface area contributed by atoms with Gasteiger partial charge >= 0.3 is 0 Å². The Kier molecular flexibility index (Phi) is 4.43. The van der Waals surface area contributed by atoms with Gasteiger partial charge in [0.15, 0.2) is 0 Å². The van der Waals surface area contributed by atoms with Crippen molar-refractivity contribution in [3.63, 3.8) is 0 Å². The molecule has 1 saturated carbocycles. The van der Waals surface area contributed by atoms with Crippen molar-refractivity contribution in [1.29, 1.82) is 0 Å². The Balaban J connectivity index is 1.40. The summed E-state index contributed by atoms with van der Waals surface area (Å²) in [4.78, 5) is 14.3. The monoisotopic (exact) mass is 364 g/mol. The van der Waals surface area contributed by atoms with Crippen LogP contribution in [0.15, 0.2) is 24.4 Å². The van der Waals surface area contributed by atoms with Gasteiger partial charge in [0.05, 0.1) is 23.9 Å². The van der Waals surface area contributed by atoms with Gasteiger partial charge in [-0.2, -0.15) is 0 Å². The maximum Gasteiger partial charge on any atom is 0.244 e. The molecular weight excluding hydrogens is 347 g/mol. The van der Waals surface area contributed by atoms with Crippen LogP contribution in [0.4, 0.5) is 4.39 Å². The summed E-state index contributed by atoms with van der Waals surface area (Å²) in [7, 11) is 0. The predicted octanol–water partition coefficient (Wildman–Crippen LogP) is 2.55. The lowest BCUT2D eigenvalue weighted by Gasteiger charge is -2.33. The van der Waals surface area contributed by atoms with Crippen LogP contribution in [0.2, 0.25) is 5.02 Å². The van der Waals surface area contributed by atoms with E-state index in [1.165, 1.54) is 6.07 Å². The minimum atomic E-state index is -0.466. The Labute approximate surface area is 149 Å². The molecule has 1 aliphatic carbocycles. The van der Waals surface area contributed by atoms with E-state index in [-0.39, 0.29) is 23.6 Å². The fraction of sp³-hybridized carbons (Fsp3) is 0.471.